The zero-order valence-corrected chi connectivity index (χ0v) is 11.4. The number of aromatic nitrogens is 4. The van der Waals surface area contributed by atoms with Gasteiger partial charge in [0.25, 0.3) is 5.56 Å². The van der Waals surface area contributed by atoms with E-state index in [9.17, 15) is 4.79 Å². The van der Waals surface area contributed by atoms with Crippen molar-refractivity contribution in [2.24, 2.45) is 0 Å². The fourth-order valence-corrected chi connectivity index (χ4v) is 1.74. The van der Waals surface area contributed by atoms with Crippen LogP contribution in [0, 0.1) is 6.92 Å². The largest absolute Gasteiger partial charge is 0.419 e. The Bertz CT molecular complexity index is 622. The summed E-state index contributed by atoms with van der Waals surface area (Å²) in [5.41, 5.74) is 0.531. The van der Waals surface area contributed by atoms with Crippen LogP contribution in [-0.2, 0) is 6.54 Å². The first-order chi connectivity index (χ1) is 9.08. The zero-order valence-electron chi connectivity index (χ0n) is 10.6. The number of rotatable bonds is 4. The summed E-state index contributed by atoms with van der Waals surface area (Å²) in [6.45, 7) is 4.29. The molecule has 2 rings (SSSR count). The summed E-state index contributed by atoms with van der Waals surface area (Å²) in [6.07, 6.45) is 0.814. The SMILES string of the molecule is CCCn1nc(Oc2cc(C)nc(Cl)n2)ccc1=O. The van der Waals surface area contributed by atoms with Crippen molar-refractivity contribution >= 4 is 11.6 Å². The predicted molar refractivity (Wildman–Crippen MR) is 70.6 cm³/mol. The van der Waals surface area contributed by atoms with Crippen LogP contribution < -0.4 is 10.3 Å². The van der Waals surface area contributed by atoms with E-state index in [0.29, 0.717) is 24.0 Å². The maximum absolute atomic E-state index is 11.5. The van der Waals surface area contributed by atoms with Crippen molar-refractivity contribution in [3.05, 3.63) is 39.5 Å². The summed E-state index contributed by atoms with van der Waals surface area (Å²) in [5.74, 6) is 0.592. The van der Waals surface area contributed by atoms with E-state index in [1.54, 1.807) is 13.0 Å². The molecule has 7 heteroatoms. The van der Waals surface area contributed by atoms with Gasteiger partial charge in [0, 0.05) is 30.4 Å². The summed E-state index contributed by atoms with van der Waals surface area (Å²) in [4.78, 5) is 19.4. The summed E-state index contributed by atoms with van der Waals surface area (Å²) >= 11 is 5.74. The van der Waals surface area contributed by atoms with Gasteiger partial charge in [-0.15, -0.1) is 5.10 Å². The Morgan fingerprint density at radius 3 is 2.79 bits per heavy atom. The molecule has 0 radical (unpaired) electrons. The highest BCUT2D eigenvalue weighted by Crippen LogP contribution is 2.18. The van der Waals surface area contributed by atoms with Crippen LogP contribution >= 0.6 is 11.6 Å². The van der Waals surface area contributed by atoms with Crippen molar-refractivity contribution in [3.63, 3.8) is 0 Å². The average Bonchev–Trinajstić information content (AvgIpc) is 2.32. The molecule has 2 aromatic rings. The lowest BCUT2D eigenvalue weighted by molar-refractivity contribution is 0.412. The van der Waals surface area contributed by atoms with Crippen LogP contribution in [0.5, 0.6) is 11.8 Å². The van der Waals surface area contributed by atoms with Gasteiger partial charge in [0.05, 0.1) is 0 Å². The maximum Gasteiger partial charge on any atom is 0.266 e. The smallest absolute Gasteiger partial charge is 0.266 e. The molecule has 0 N–H and O–H groups in total. The van der Waals surface area contributed by atoms with Crippen LogP contribution in [-0.4, -0.2) is 19.7 Å². The van der Waals surface area contributed by atoms with E-state index in [2.05, 4.69) is 15.1 Å². The molecule has 0 saturated carbocycles. The molecule has 0 atom stereocenters. The Balaban J connectivity index is 2.27. The first-order valence-electron chi connectivity index (χ1n) is 5.85. The molecular formula is C12H13ClN4O2. The zero-order chi connectivity index (χ0) is 13.8. The summed E-state index contributed by atoms with van der Waals surface area (Å²) in [5, 5.41) is 4.20. The Kier molecular flexibility index (Phi) is 4.11. The van der Waals surface area contributed by atoms with E-state index in [1.165, 1.54) is 16.8 Å². The van der Waals surface area contributed by atoms with Gasteiger partial charge in [-0.3, -0.25) is 4.79 Å². The van der Waals surface area contributed by atoms with Gasteiger partial charge in [-0.25, -0.2) is 9.67 Å². The fraction of sp³-hybridized carbons (Fsp3) is 0.333. The molecule has 0 fully saturated rings. The standard InChI is InChI=1S/C12H13ClN4O2/c1-3-6-17-11(18)5-4-9(16-17)19-10-7-8(2)14-12(13)15-10/h4-5,7H,3,6H2,1-2H3. The van der Waals surface area contributed by atoms with Gasteiger partial charge in [-0.05, 0) is 24.9 Å². The first kappa shape index (κ1) is 13.5. The molecule has 0 amide bonds. The highest BCUT2D eigenvalue weighted by Gasteiger charge is 2.05. The monoisotopic (exact) mass is 280 g/mol. The van der Waals surface area contributed by atoms with E-state index in [1.807, 2.05) is 6.92 Å². The van der Waals surface area contributed by atoms with Gasteiger partial charge in [0.1, 0.15) is 0 Å². The molecule has 6 nitrogen and oxygen atoms in total. The van der Waals surface area contributed by atoms with Gasteiger partial charge in [0.15, 0.2) is 0 Å². The van der Waals surface area contributed by atoms with Crippen LogP contribution in [0.1, 0.15) is 19.0 Å². The Morgan fingerprint density at radius 2 is 2.11 bits per heavy atom. The van der Waals surface area contributed by atoms with Crippen molar-refractivity contribution < 1.29 is 4.74 Å². The number of aryl methyl sites for hydroxylation is 2. The second-order valence-corrected chi connectivity index (χ2v) is 4.29. The van der Waals surface area contributed by atoms with Crippen molar-refractivity contribution in [1.82, 2.24) is 19.7 Å². The Morgan fingerprint density at radius 1 is 1.32 bits per heavy atom. The molecule has 0 bridgehead atoms. The third-order valence-corrected chi connectivity index (χ3v) is 2.46. The molecule has 19 heavy (non-hydrogen) atoms. The molecule has 2 aromatic heterocycles. The van der Waals surface area contributed by atoms with Gasteiger partial charge in [0.2, 0.25) is 17.0 Å². The van der Waals surface area contributed by atoms with Gasteiger partial charge in [-0.2, -0.15) is 4.98 Å². The van der Waals surface area contributed by atoms with Crippen molar-refractivity contribution in [3.8, 4) is 11.8 Å². The van der Waals surface area contributed by atoms with E-state index in [-0.39, 0.29) is 10.8 Å². The number of hydrogen-bond donors (Lipinski definition) is 0. The molecule has 0 saturated heterocycles. The molecular weight excluding hydrogens is 268 g/mol. The van der Waals surface area contributed by atoms with Crippen molar-refractivity contribution in [2.45, 2.75) is 26.8 Å². The molecule has 0 aliphatic carbocycles. The van der Waals surface area contributed by atoms with E-state index >= 15 is 0 Å². The van der Waals surface area contributed by atoms with Crippen LogP contribution in [0.15, 0.2) is 23.0 Å². The number of halogens is 1. The lowest BCUT2D eigenvalue weighted by Gasteiger charge is -2.07. The second kappa shape index (κ2) is 5.79. The Labute approximate surface area is 115 Å². The van der Waals surface area contributed by atoms with Gasteiger partial charge in [-0.1, -0.05) is 6.92 Å². The summed E-state index contributed by atoms with van der Waals surface area (Å²) in [7, 11) is 0. The van der Waals surface area contributed by atoms with E-state index in [0.717, 1.165) is 6.42 Å². The third-order valence-electron chi connectivity index (χ3n) is 2.29. The summed E-state index contributed by atoms with van der Waals surface area (Å²) in [6, 6.07) is 4.55. The normalized spacial score (nSPS) is 10.5. The second-order valence-electron chi connectivity index (χ2n) is 3.95. The topological polar surface area (TPSA) is 69.9 Å². The van der Waals surface area contributed by atoms with Crippen molar-refractivity contribution in [1.29, 1.82) is 0 Å². The lowest BCUT2D eigenvalue weighted by atomic mass is 10.4. The highest BCUT2D eigenvalue weighted by molar-refractivity contribution is 6.28. The molecule has 0 aliphatic rings. The van der Waals surface area contributed by atoms with Crippen LogP contribution in [0.2, 0.25) is 5.28 Å². The van der Waals surface area contributed by atoms with Crippen LogP contribution in [0.4, 0.5) is 0 Å². The number of hydrogen-bond acceptors (Lipinski definition) is 5. The van der Waals surface area contributed by atoms with Gasteiger partial charge >= 0.3 is 0 Å². The molecule has 0 unspecified atom stereocenters. The minimum Gasteiger partial charge on any atom is -0.419 e. The molecule has 100 valence electrons. The average molecular weight is 281 g/mol. The number of ether oxygens (including phenoxy) is 1. The lowest BCUT2D eigenvalue weighted by Crippen LogP contribution is -2.21. The third kappa shape index (κ3) is 3.51. The van der Waals surface area contributed by atoms with Gasteiger partial charge < -0.3 is 4.74 Å². The first-order valence-corrected chi connectivity index (χ1v) is 6.23. The number of nitrogens with zero attached hydrogens (tertiary/aromatic N) is 4. The highest BCUT2D eigenvalue weighted by atomic mass is 35.5. The molecule has 0 spiro atoms. The minimum absolute atomic E-state index is 0.108. The molecule has 0 aliphatic heterocycles. The predicted octanol–water partition coefficient (Wildman–Crippen LogP) is 2.20. The fourth-order valence-electron chi connectivity index (χ4n) is 1.52. The quantitative estimate of drug-likeness (QED) is 0.803. The summed E-state index contributed by atoms with van der Waals surface area (Å²) < 4.78 is 6.83. The minimum atomic E-state index is -0.161. The maximum atomic E-state index is 11.5. The van der Waals surface area contributed by atoms with E-state index in [4.69, 9.17) is 16.3 Å². The Hall–Kier alpha value is -1.95. The van der Waals surface area contributed by atoms with Crippen LogP contribution in [0.3, 0.4) is 0 Å². The van der Waals surface area contributed by atoms with Crippen LogP contribution in [0.25, 0.3) is 0 Å². The van der Waals surface area contributed by atoms with Crippen molar-refractivity contribution in [2.75, 3.05) is 0 Å². The van der Waals surface area contributed by atoms with E-state index < -0.39 is 0 Å². The molecule has 2 heterocycles. The molecule has 0 aromatic carbocycles.